The number of thiol groups is 1. The first-order chi connectivity index (χ1) is 19.0. The van der Waals surface area contributed by atoms with Crippen LogP contribution in [0, 0.1) is 5.41 Å². The number of fused-ring (bicyclic) bond motifs is 1. The van der Waals surface area contributed by atoms with Gasteiger partial charge in [0.2, 0.25) is 0 Å². The van der Waals surface area contributed by atoms with Crippen LogP contribution in [0.25, 0.3) is 11.4 Å². The predicted molar refractivity (Wildman–Crippen MR) is 152 cm³/mol. The van der Waals surface area contributed by atoms with Gasteiger partial charge in [-0.2, -0.15) is 0 Å². The molecule has 214 valence electrons. The fourth-order valence-corrected chi connectivity index (χ4v) is 4.60. The third kappa shape index (κ3) is 7.47. The average molecular weight is 569 g/mol. The van der Waals surface area contributed by atoms with Crippen molar-refractivity contribution in [1.29, 1.82) is 0 Å². The number of esters is 2. The van der Waals surface area contributed by atoms with Gasteiger partial charge in [0.25, 0.3) is 5.91 Å². The second kappa shape index (κ2) is 13.6. The van der Waals surface area contributed by atoms with Crippen molar-refractivity contribution >= 4 is 36.3 Å². The summed E-state index contributed by atoms with van der Waals surface area (Å²) in [4.78, 5) is 64.0. The molecule has 0 bridgehead atoms. The largest absolute Gasteiger partial charge is 0.466 e. The summed E-state index contributed by atoms with van der Waals surface area (Å²) in [5, 5.41) is 2.68. The molecule has 0 aliphatic carbocycles. The monoisotopic (exact) mass is 568 g/mol. The number of amides is 1. The van der Waals surface area contributed by atoms with Crippen molar-refractivity contribution in [2.75, 3.05) is 13.2 Å². The lowest BCUT2D eigenvalue weighted by Gasteiger charge is -2.24. The van der Waals surface area contributed by atoms with Crippen molar-refractivity contribution in [1.82, 2.24) is 20.3 Å². The fraction of sp³-hybridized carbons (Fsp3) is 0.448. The SMILES string of the molecule is CCOC(=O)CC[C@H](NC(=O)c1ccc(S)c(CCc2cnc3[nH]cncc2-3)c1C(=O)C(C)(C)C)C(=O)OCC. The Labute approximate surface area is 239 Å². The Bertz CT molecular complexity index is 1350. The molecule has 0 unspecified atom stereocenters. The van der Waals surface area contributed by atoms with Crippen LogP contribution in [0.3, 0.4) is 0 Å². The Morgan fingerprint density at radius 1 is 1.05 bits per heavy atom. The first kappa shape index (κ1) is 30.8. The minimum Gasteiger partial charge on any atom is -0.466 e. The van der Waals surface area contributed by atoms with Gasteiger partial charge in [0.15, 0.2) is 5.78 Å². The third-order valence-electron chi connectivity index (χ3n) is 6.33. The molecule has 2 N–H and O–H groups in total. The topological polar surface area (TPSA) is 140 Å². The van der Waals surface area contributed by atoms with Crippen LogP contribution in [0.5, 0.6) is 0 Å². The number of aryl methyl sites for hydroxylation is 1. The smallest absolute Gasteiger partial charge is 0.328 e. The molecular weight excluding hydrogens is 532 g/mol. The quantitative estimate of drug-likeness (QED) is 0.168. The number of carbonyl (C=O) groups is 4. The van der Waals surface area contributed by atoms with Crippen LogP contribution in [0.15, 0.2) is 35.7 Å². The zero-order valence-corrected chi connectivity index (χ0v) is 24.4. The highest BCUT2D eigenvalue weighted by Crippen LogP contribution is 2.32. The van der Waals surface area contributed by atoms with Crippen LogP contribution >= 0.6 is 12.6 Å². The highest BCUT2D eigenvalue weighted by molar-refractivity contribution is 7.80. The van der Waals surface area contributed by atoms with E-state index < -0.39 is 29.3 Å². The third-order valence-corrected chi connectivity index (χ3v) is 6.75. The summed E-state index contributed by atoms with van der Waals surface area (Å²) in [6.07, 6.45) is 5.90. The van der Waals surface area contributed by atoms with Gasteiger partial charge in [-0.1, -0.05) is 20.8 Å². The number of H-pyrrole nitrogens is 1. The number of benzene rings is 1. The van der Waals surface area contributed by atoms with Crippen molar-refractivity contribution in [2.45, 2.75) is 71.2 Å². The average Bonchev–Trinajstić information content (AvgIpc) is 3.32. The van der Waals surface area contributed by atoms with E-state index in [1.807, 2.05) is 0 Å². The van der Waals surface area contributed by atoms with Crippen LogP contribution in [0.1, 0.15) is 79.3 Å². The minimum absolute atomic E-state index is 0.00835. The second-order valence-electron chi connectivity index (χ2n) is 10.3. The molecule has 0 saturated heterocycles. The predicted octanol–water partition coefficient (Wildman–Crippen LogP) is 4.22. The van der Waals surface area contributed by atoms with E-state index in [9.17, 15) is 19.2 Å². The summed E-state index contributed by atoms with van der Waals surface area (Å²) >= 11 is 4.64. The van der Waals surface area contributed by atoms with E-state index >= 15 is 0 Å². The fourth-order valence-electron chi connectivity index (χ4n) is 4.30. The number of hydrogen-bond acceptors (Lipinski definition) is 9. The number of rotatable bonds is 12. The molecule has 3 rings (SSSR count). The summed E-state index contributed by atoms with van der Waals surface area (Å²) < 4.78 is 10.1. The Hall–Kier alpha value is -3.73. The van der Waals surface area contributed by atoms with Gasteiger partial charge in [-0.3, -0.25) is 14.4 Å². The minimum atomic E-state index is -1.10. The molecule has 0 aromatic heterocycles. The van der Waals surface area contributed by atoms with E-state index in [4.69, 9.17) is 9.47 Å². The van der Waals surface area contributed by atoms with Gasteiger partial charge in [-0.05, 0) is 56.4 Å². The first-order valence-corrected chi connectivity index (χ1v) is 13.7. The van der Waals surface area contributed by atoms with Crippen LogP contribution in [-0.2, 0) is 31.9 Å². The summed E-state index contributed by atoms with van der Waals surface area (Å²) in [5.74, 6) is -1.30. The number of carbonyl (C=O) groups excluding carboxylic acids is 4. The van der Waals surface area contributed by atoms with E-state index in [-0.39, 0.29) is 43.0 Å². The molecule has 0 spiro atoms. The number of Topliss-reactive ketones (excluding diaryl/α,β-unsaturated/α-hetero) is 1. The number of nitrogens with one attached hydrogen (secondary N) is 2. The lowest BCUT2D eigenvalue weighted by molar-refractivity contribution is -0.146. The highest BCUT2D eigenvalue weighted by Gasteiger charge is 2.32. The number of aromatic amines is 1. The molecule has 1 aromatic rings. The molecule has 10 nitrogen and oxygen atoms in total. The van der Waals surface area contributed by atoms with E-state index in [1.165, 1.54) is 6.07 Å². The molecule has 0 saturated carbocycles. The maximum atomic E-state index is 13.8. The van der Waals surface area contributed by atoms with Gasteiger partial charge in [-0.25, -0.2) is 14.8 Å². The van der Waals surface area contributed by atoms with Gasteiger partial charge >= 0.3 is 11.9 Å². The van der Waals surface area contributed by atoms with E-state index in [2.05, 4.69) is 32.9 Å². The molecule has 2 heterocycles. The van der Waals surface area contributed by atoms with Crippen molar-refractivity contribution < 1.29 is 28.7 Å². The molecule has 11 heteroatoms. The molecule has 40 heavy (non-hydrogen) atoms. The Kier molecular flexibility index (Phi) is 10.4. The van der Waals surface area contributed by atoms with E-state index in [0.717, 1.165) is 11.1 Å². The first-order valence-electron chi connectivity index (χ1n) is 13.3. The maximum Gasteiger partial charge on any atom is 0.328 e. The second-order valence-corrected chi connectivity index (χ2v) is 10.8. The zero-order valence-electron chi connectivity index (χ0n) is 23.5. The van der Waals surface area contributed by atoms with Gasteiger partial charge in [0.1, 0.15) is 11.9 Å². The van der Waals surface area contributed by atoms with E-state index in [0.29, 0.717) is 29.1 Å². The number of aromatic nitrogens is 3. The molecule has 0 radical (unpaired) electrons. The van der Waals surface area contributed by atoms with Gasteiger partial charge in [-0.15, -0.1) is 12.6 Å². The lowest BCUT2D eigenvalue weighted by Crippen LogP contribution is -2.43. The summed E-state index contributed by atoms with van der Waals surface area (Å²) in [7, 11) is 0. The van der Waals surface area contributed by atoms with Gasteiger partial charge < -0.3 is 19.8 Å². The molecule has 1 atom stereocenters. The van der Waals surface area contributed by atoms with Crippen LogP contribution < -0.4 is 5.32 Å². The number of hydrogen-bond donors (Lipinski definition) is 3. The maximum absolute atomic E-state index is 13.8. The number of ketones is 1. The molecule has 2 aliphatic heterocycles. The Morgan fingerprint density at radius 3 is 2.45 bits per heavy atom. The van der Waals surface area contributed by atoms with Gasteiger partial charge in [0.05, 0.1) is 25.1 Å². The lowest BCUT2D eigenvalue weighted by atomic mass is 9.81. The van der Waals surface area contributed by atoms with Crippen molar-refractivity contribution in [3.8, 4) is 11.4 Å². The van der Waals surface area contributed by atoms with Crippen molar-refractivity contribution in [3.63, 3.8) is 0 Å². The summed E-state index contributed by atoms with van der Waals surface area (Å²) in [6.45, 7) is 8.99. The van der Waals surface area contributed by atoms with E-state index in [1.54, 1.807) is 59.4 Å². The number of ether oxygens (including phenoxy) is 2. The van der Waals surface area contributed by atoms with Crippen LogP contribution in [0.4, 0.5) is 0 Å². The highest BCUT2D eigenvalue weighted by atomic mass is 32.1. The molecule has 1 aromatic carbocycles. The molecule has 1 amide bonds. The molecule has 0 fully saturated rings. The zero-order chi connectivity index (χ0) is 29.4. The van der Waals surface area contributed by atoms with Crippen LogP contribution in [-0.4, -0.2) is 57.8 Å². The van der Waals surface area contributed by atoms with Gasteiger partial charge in [0, 0.05) is 40.3 Å². The van der Waals surface area contributed by atoms with Crippen molar-refractivity contribution in [3.05, 3.63) is 53.1 Å². The summed E-state index contributed by atoms with van der Waals surface area (Å²) in [5.41, 5.74) is 2.01. The Balaban J connectivity index is 1.96. The molecular formula is C29H36N4O6S. The molecule has 2 aliphatic rings. The normalized spacial score (nSPS) is 12.2. The number of nitrogens with zero attached hydrogens (tertiary/aromatic N) is 2. The van der Waals surface area contributed by atoms with Crippen LogP contribution in [0.2, 0.25) is 0 Å². The standard InChI is InChI=1S/C29H36N4O6S/c1-6-38-23(34)13-11-21(28(37)39-7-2)33-27(36)19-10-12-22(40)18(24(19)25(35)29(3,4)5)9-8-17-14-31-26-20(17)15-30-16-32-26/h10,12,14-16,21,40H,6-9,11,13H2,1-5H3,(H,33,36)(H,30,31,32)/t21-/m0/s1. The Morgan fingerprint density at radius 2 is 1.77 bits per heavy atom. The summed E-state index contributed by atoms with van der Waals surface area (Å²) in [6, 6.07) is 2.10. The van der Waals surface area contributed by atoms with Crippen molar-refractivity contribution in [2.24, 2.45) is 5.41 Å².